The summed E-state index contributed by atoms with van der Waals surface area (Å²) < 4.78 is 27.8. The first-order valence-corrected chi connectivity index (χ1v) is 9.75. The molecule has 1 aromatic rings. The van der Waals surface area contributed by atoms with Crippen LogP contribution in [0.1, 0.15) is 38.7 Å². The molecule has 3 rings (SSSR count). The lowest BCUT2D eigenvalue weighted by molar-refractivity contribution is 0.334. The van der Waals surface area contributed by atoms with E-state index in [4.69, 9.17) is 0 Å². The van der Waals surface area contributed by atoms with Gasteiger partial charge in [-0.05, 0) is 55.8 Å². The van der Waals surface area contributed by atoms with Crippen molar-refractivity contribution >= 4 is 10.0 Å². The van der Waals surface area contributed by atoms with Crippen LogP contribution >= 0.6 is 0 Å². The van der Waals surface area contributed by atoms with Crippen molar-refractivity contribution in [1.82, 2.24) is 9.62 Å². The molecule has 2 saturated heterocycles. The molecule has 1 N–H and O–H groups in total. The summed E-state index contributed by atoms with van der Waals surface area (Å²) >= 11 is 0. The highest BCUT2D eigenvalue weighted by Crippen LogP contribution is 2.33. The Morgan fingerprint density at radius 1 is 1.14 bits per heavy atom. The van der Waals surface area contributed by atoms with E-state index in [0.29, 0.717) is 10.8 Å². The van der Waals surface area contributed by atoms with Crippen LogP contribution in [-0.4, -0.2) is 37.9 Å². The van der Waals surface area contributed by atoms with Gasteiger partial charge in [-0.15, -0.1) is 0 Å². The highest BCUT2D eigenvalue weighted by atomic mass is 32.2. The van der Waals surface area contributed by atoms with Crippen molar-refractivity contribution in [2.24, 2.45) is 5.92 Å². The second kappa shape index (κ2) is 6.30. The molecule has 2 fully saturated rings. The maximum Gasteiger partial charge on any atom is 0.243 e. The highest BCUT2D eigenvalue weighted by molar-refractivity contribution is 7.89. The van der Waals surface area contributed by atoms with Gasteiger partial charge in [-0.3, -0.25) is 0 Å². The van der Waals surface area contributed by atoms with Gasteiger partial charge in [0, 0.05) is 18.6 Å². The van der Waals surface area contributed by atoms with Gasteiger partial charge in [0.2, 0.25) is 10.0 Å². The van der Waals surface area contributed by atoms with Gasteiger partial charge < -0.3 is 5.32 Å². The third-order valence-corrected chi connectivity index (χ3v) is 6.75. The van der Waals surface area contributed by atoms with Crippen molar-refractivity contribution in [3.8, 4) is 0 Å². The molecule has 0 amide bonds. The van der Waals surface area contributed by atoms with Crippen molar-refractivity contribution in [3.63, 3.8) is 0 Å². The molecule has 0 aromatic heterocycles. The summed E-state index contributed by atoms with van der Waals surface area (Å²) in [6.07, 6.45) is 3.87. The number of fused-ring (bicyclic) bond motifs is 2. The fourth-order valence-corrected chi connectivity index (χ4v) is 5.62. The first-order chi connectivity index (χ1) is 10.5. The molecule has 2 atom stereocenters. The Labute approximate surface area is 134 Å². The van der Waals surface area contributed by atoms with Gasteiger partial charge in [-0.25, -0.2) is 8.42 Å². The van der Waals surface area contributed by atoms with Crippen molar-refractivity contribution in [1.29, 1.82) is 0 Å². The maximum atomic E-state index is 13.0. The van der Waals surface area contributed by atoms with Crippen LogP contribution in [0, 0.1) is 5.92 Å². The lowest BCUT2D eigenvalue weighted by Gasteiger charge is -2.27. The molecule has 122 valence electrons. The molecule has 4 nitrogen and oxygen atoms in total. The van der Waals surface area contributed by atoms with Crippen LogP contribution in [-0.2, 0) is 16.4 Å². The summed E-state index contributed by atoms with van der Waals surface area (Å²) in [6.45, 7) is 6.04. The Hall–Kier alpha value is -0.910. The topological polar surface area (TPSA) is 49.4 Å². The minimum absolute atomic E-state index is 0.118. The summed E-state index contributed by atoms with van der Waals surface area (Å²) in [5.74, 6) is 0.579. The van der Waals surface area contributed by atoms with Crippen LogP contribution in [0.4, 0.5) is 0 Å². The number of hydrogen-bond acceptors (Lipinski definition) is 3. The molecule has 2 unspecified atom stereocenters. The number of benzene rings is 1. The van der Waals surface area contributed by atoms with E-state index >= 15 is 0 Å². The van der Waals surface area contributed by atoms with Gasteiger partial charge in [0.15, 0.2) is 0 Å². The average molecular weight is 322 g/mol. The molecule has 2 aliphatic rings. The van der Waals surface area contributed by atoms with Gasteiger partial charge in [0.05, 0.1) is 4.90 Å². The molecule has 5 heteroatoms. The molecule has 2 heterocycles. The Balaban J connectivity index is 1.86. The number of rotatable bonds is 4. The quantitative estimate of drug-likeness (QED) is 0.926. The molecule has 2 bridgehead atoms. The molecule has 1 aromatic carbocycles. The van der Waals surface area contributed by atoms with E-state index in [9.17, 15) is 8.42 Å². The van der Waals surface area contributed by atoms with Crippen molar-refractivity contribution in [3.05, 3.63) is 29.8 Å². The Morgan fingerprint density at radius 3 is 2.50 bits per heavy atom. The third-order valence-electron chi connectivity index (χ3n) is 4.73. The largest absolute Gasteiger partial charge is 0.315 e. The molecule has 0 spiro atoms. The second-order valence-electron chi connectivity index (χ2n) is 6.95. The Bertz CT molecular complexity index is 596. The first-order valence-electron chi connectivity index (χ1n) is 8.31. The van der Waals surface area contributed by atoms with Crippen molar-refractivity contribution in [2.75, 3.05) is 13.1 Å². The summed E-state index contributed by atoms with van der Waals surface area (Å²) in [5.41, 5.74) is 1.20. The second-order valence-corrected chi connectivity index (χ2v) is 8.80. The van der Waals surface area contributed by atoms with Crippen LogP contribution in [0.15, 0.2) is 29.2 Å². The minimum atomic E-state index is -3.37. The van der Waals surface area contributed by atoms with Crippen LogP contribution in [0.25, 0.3) is 0 Å². The number of nitrogens with one attached hydrogen (secondary N) is 1. The number of nitrogens with zero attached hydrogens (tertiary/aromatic N) is 1. The molecule has 22 heavy (non-hydrogen) atoms. The van der Waals surface area contributed by atoms with E-state index in [2.05, 4.69) is 19.2 Å². The molecule has 0 saturated carbocycles. The van der Waals surface area contributed by atoms with E-state index < -0.39 is 10.0 Å². The van der Waals surface area contributed by atoms with Gasteiger partial charge >= 0.3 is 0 Å². The maximum absolute atomic E-state index is 13.0. The molecule has 0 aliphatic carbocycles. The summed E-state index contributed by atoms with van der Waals surface area (Å²) in [7, 11) is -3.37. The number of sulfonamides is 1. The van der Waals surface area contributed by atoms with E-state index in [-0.39, 0.29) is 12.1 Å². The zero-order chi connectivity index (χ0) is 15.7. The van der Waals surface area contributed by atoms with Crippen LogP contribution in [0.3, 0.4) is 0 Å². The predicted octanol–water partition coefficient (Wildman–Crippen LogP) is 2.40. The summed E-state index contributed by atoms with van der Waals surface area (Å²) in [6, 6.07) is 7.78. The summed E-state index contributed by atoms with van der Waals surface area (Å²) in [5, 5.41) is 3.36. The van der Waals surface area contributed by atoms with Crippen molar-refractivity contribution in [2.45, 2.75) is 56.5 Å². The van der Waals surface area contributed by atoms with Gasteiger partial charge in [-0.1, -0.05) is 26.0 Å². The summed E-state index contributed by atoms with van der Waals surface area (Å²) in [4.78, 5) is 0.443. The standard InChI is InChI=1S/C17H26N2O2S/c1-13(2)11-14-3-7-17(8-4-14)22(20,21)19-15-5-6-16(19)12-18-10-9-15/h3-4,7-8,13,15-16,18H,5-6,9-12H2,1-2H3. The highest BCUT2D eigenvalue weighted by Gasteiger charge is 2.42. The average Bonchev–Trinajstić information content (AvgIpc) is 2.72. The SMILES string of the molecule is CC(C)Cc1ccc(S(=O)(=O)N2C3CCNCC2CC3)cc1. The van der Waals surface area contributed by atoms with Crippen LogP contribution in [0.5, 0.6) is 0 Å². The van der Waals surface area contributed by atoms with Crippen LogP contribution in [0.2, 0.25) is 0 Å². The molecule has 0 radical (unpaired) electrons. The predicted molar refractivity (Wildman–Crippen MR) is 88.3 cm³/mol. The first kappa shape index (κ1) is 16.0. The van der Waals surface area contributed by atoms with Gasteiger partial charge in [0.25, 0.3) is 0 Å². The zero-order valence-corrected chi connectivity index (χ0v) is 14.3. The van der Waals surface area contributed by atoms with E-state index in [0.717, 1.165) is 38.8 Å². The van der Waals surface area contributed by atoms with E-state index in [1.807, 2.05) is 12.1 Å². The monoisotopic (exact) mass is 322 g/mol. The minimum Gasteiger partial charge on any atom is -0.315 e. The van der Waals surface area contributed by atoms with Crippen LogP contribution < -0.4 is 5.32 Å². The lowest BCUT2D eigenvalue weighted by atomic mass is 10.0. The Morgan fingerprint density at radius 2 is 1.82 bits per heavy atom. The normalized spacial score (nSPS) is 26.3. The van der Waals surface area contributed by atoms with Gasteiger partial charge in [0.1, 0.15) is 0 Å². The van der Waals surface area contributed by atoms with Crippen molar-refractivity contribution < 1.29 is 8.42 Å². The number of hydrogen-bond donors (Lipinski definition) is 1. The zero-order valence-electron chi connectivity index (χ0n) is 13.5. The van der Waals surface area contributed by atoms with E-state index in [1.54, 1.807) is 16.4 Å². The fourth-order valence-electron chi connectivity index (χ4n) is 3.72. The molecular formula is C17H26N2O2S. The Kier molecular flexibility index (Phi) is 4.57. The van der Waals surface area contributed by atoms with E-state index in [1.165, 1.54) is 5.56 Å². The van der Waals surface area contributed by atoms with Gasteiger partial charge in [-0.2, -0.15) is 4.31 Å². The molecular weight excluding hydrogens is 296 g/mol. The lowest BCUT2D eigenvalue weighted by Crippen LogP contribution is -2.42. The fraction of sp³-hybridized carbons (Fsp3) is 0.647. The molecule has 2 aliphatic heterocycles. The third kappa shape index (κ3) is 3.07. The smallest absolute Gasteiger partial charge is 0.243 e.